The standard InChI is InChI=1S/C15H23NO3/c1-11(2)9-16-13(10-17)12-4-5-14-15(8-12)19-7-3-6-18-14/h4-5,8,11,13,16-17H,3,6-7,9-10H2,1-2H3. The lowest BCUT2D eigenvalue weighted by Gasteiger charge is -2.19. The molecule has 1 heterocycles. The van der Waals surface area contributed by atoms with Crippen LogP contribution in [0.25, 0.3) is 0 Å². The minimum absolute atomic E-state index is 0.0560. The number of fused-ring (bicyclic) bond motifs is 1. The van der Waals surface area contributed by atoms with E-state index in [1.54, 1.807) is 0 Å². The van der Waals surface area contributed by atoms with E-state index in [9.17, 15) is 5.11 Å². The molecule has 1 atom stereocenters. The largest absolute Gasteiger partial charge is 0.490 e. The number of hydrogen-bond donors (Lipinski definition) is 2. The summed E-state index contributed by atoms with van der Waals surface area (Å²) in [6, 6.07) is 5.83. The first-order valence-electron chi connectivity index (χ1n) is 6.94. The van der Waals surface area contributed by atoms with Gasteiger partial charge in [-0.15, -0.1) is 0 Å². The molecule has 1 aliphatic rings. The van der Waals surface area contributed by atoms with Crippen molar-refractivity contribution in [3.8, 4) is 11.5 Å². The molecule has 19 heavy (non-hydrogen) atoms. The molecule has 0 bridgehead atoms. The van der Waals surface area contributed by atoms with Crippen molar-refractivity contribution in [3.05, 3.63) is 23.8 Å². The molecule has 0 aromatic heterocycles. The van der Waals surface area contributed by atoms with Gasteiger partial charge in [0.25, 0.3) is 0 Å². The van der Waals surface area contributed by atoms with Crippen LogP contribution in [0.2, 0.25) is 0 Å². The van der Waals surface area contributed by atoms with E-state index in [1.807, 2.05) is 18.2 Å². The van der Waals surface area contributed by atoms with Crippen LogP contribution in [0.1, 0.15) is 31.9 Å². The number of rotatable bonds is 5. The molecule has 1 aliphatic heterocycles. The molecule has 4 nitrogen and oxygen atoms in total. The summed E-state index contributed by atoms with van der Waals surface area (Å²) in [6.07, 6.45) is 0.902. The van der Waals surface area contributed by atoms with E-state index in [0.717, 1.165) is 30.0 Å². The molecule has 2 rings (SSSR count). The highest BCUT2D eigenvalue weighted by molar-refractivity contribution is 5.44. The van der Waals surface area contributed by atoms with Crippen molar-refractivity contribution in [3.63, 3.8) is 0 Å². The number of hydrogen-bond acceptors (Lipinski definition) is 4. The first-order chi connectivity index (χ1) is 9.20. The lowest BCUT2D eigenvalue weighted by Crippen LogP contribution is -2.27. The highest BCUT2D eigenvalue weighted by Crippen LogP contribution is 2.32. The van der Waals surface area contributed by atoms with Gasteiger partial charge in [0.1, 0.15) is 0 Å². The van der Waals surface area contributed by atoms with E-state index in [-0.39, 0.29) is 12.6 Å². The highest BCUT2D eigenvalue weighted by atomic mass is 16.5. The predicted octanol–water partition coefficient (Wildman–Crippen LogP) is 2.13. The maximum Gasteiger partial charge on any atom is 0.161 e. The van der Waals surface area contributed by atoms with Gasteiger partial charge in [-0.05, 0) is 30.2 Å². The van der Waals surface area contributed by atoms with Crippen molar-refractivity contribution < 1.29 is 14.6 Å². The third-order valence-corrected chi connectivity index (χ3v) is 3.13. The fraction of sp³-hybridized carbons (Fsp3) is 0.600. The Bertz CT molecular complexity index is 406. The smallest absolute Gasteiger partial charge is 0.161 e. The molecule has 4 heteroatoms. The highest BCUT2D eigenvalue weighted by Gasteiger charge is 2.15. The van der Waals surface area contributed by atoms with Gasteiger partial charge in [-0.25, -0.2) is 0 Å². The molecule has 0 radical (unpaired) electrons. The Morgan fingerprint density at radius 2 is 1.95 bits per heavy atom. The summed E-state index contributed by atoms with van der Waals surface area (Å²) in [6.45, 7) is 6.62. The fourth-order valence-corrected chi connectivity index (χ4v) is 2.06. The van der Waals surface area contributed by atoms with Gasteiger partial charge < -0.3 is 19.9 Å². The topological polar surface area (TPSA) is 50.7 Å². The monoisotopic (exact) mass is 265 g/mol. The molecular formula is C15H23NO3. The van der Waals surface area contributed by atoms with Crippen LogP contribution in [0.15, 0.2) is 18.2 Å². The van der Waals surface area contributed by atoms with E-state index in [0.29, 0.717) is 19.1 Å². The van der Waals surface area contributed by atoms with Gasteiger partial charge in [0.2, 0.25) is 0 Å². The van der Waals surface area contributed by atoms with E-state index >= 15 is 0 Å². The molecule has 2 N–H and O–H groups in total. The van der Waals surface area contributed by atoms with Crippen LogP contribution in [-0.2, 0) is 0 Å². The summed E-state index contributed by atoms with van der Waals surface area (Å²) < 4.78 is 11.3. The SMILES string of the molecule is CC(C)CNC(CO)c1ccc2c(c1)OCCCO2. The van der Waals surface area contributed by atoms with Gasteiger partial charge >= 0.3 is 0 Å². The number of benzene rings is 1. The molecular weight excluding hydrogens is 242 g/mol. The van der Waals surface area contributed by atoms with Gasteiger partial charge in [-0.2, -0.15) is 0 Å². The minimum atomic E-state index is -0.0560. The van der Waals surface area contributed by atoms with Crippen LogP contribution in [0, 0.1) is 5.92 Å². The molecule has 106 valence electrons. The zero-order valence-electron chi connectivity index (χ0n) is 11.7. The van der Waals surface area contributed by atoms with Crippen molar-refractivity contribution in [1.29, 1.82) is 0 Å². The lowest BCUT2D eigenvalue weighted by atomic mass is 10.1. The summed E-state index contributed by atoms with van der Waals surface area (Å²) >= 11 is 0. The Balaban J connectivity index is 2.12. The molecule has 0 spiro atoms. The Labute approximate surface area is 114 Å². The minimum Gasteiger partial charge on any atom is -0.490 e. The molecule has 0 saturated heterocycles. The van der Waals surface area contributed by atoms with Crippen molar-refractivity contribution in [2.45, 2.75) is 26.3 Å². The zero-order chi connectivity index (χ0) is 13.7. The third kappa shape index (κ3) is 3.85. The van der Waals surface area contributed by atoms with Crippen LogP contribution in [0.3, 0.4) is 0 Å². The molecule has 0 amide bonds. The summed E-state index contributed by atoms with van der Waals surface area (Å²) in [5.41, 5.74) is 1.03. The summed E-state index contributed by atoms with van der Waals surface area (Å²) in [5, 5.41) is 12.9. The lowest BCUT2D eigenvalue weighted by molar-refractivity contribution is 0.240. The van der Waals surface area contributed by atoms with Crippen LogP contribution < -0.4 is 14.8 Å². The zero-order valence-corrected chi connectivity index (χ0v) is 11.7. The predicted molar refractivity (Wildman–Crippen MR) is 74.7 cm³/mol. The first kappa shape index (κ1) is 14.2. The third-order valence-electron chi connectivity index (χ3n) is 3.13. The number of aliphatic hydroxyl groups is 1. The van der Waals surface area contributed by atoms with Crippen molar-refractivity contribution in [2.75, 3.05) is 26.4 Å². The average Bonchev–Trinajstić information content (AvgIpc) is 2.63. The second kappa shape index (κ2) is 6.78. The molecule has 0 saturated carbocycles. The number of nitrogens with one attached hydrogen (secondary N) is 1. The Morgan fingerprint density at radius 1 is 1.21 bits per heavy atom. The molecule has 0 fully saturated rings. The maximum absolute atomic E-state index is 9.52. The summed E-state index contributed by atoms with van der Waals surface area (Å²) in [7, 11) is 0. The number of ether oxygens (including phenoxy) is 2. The van der Waals surface area contributed by atoms with Crippen molar-refractivity contribution in [1.82, 2.24) is 5.32 Å². The van der Waals surface area contributed by atoms with Crippen LogP contribution in [-0.4, -0.2) is 31.5 Å². The molecule has 1 unspecified atom stereocenters. The summed E-state index contributed by atoms with van der Waals surface area (Å²) in [4.78, 5) is 0. The van der Waals surface area contributed by atoms with Gasteiger partial charge in [-0.1, -0.05) is 19.9 Å². The van der Waals surface area contributed by atoms with Gasteiger partial charge in [0.05, 0.1) is 25.9 Å². The Hall–Kier alpha value is -1.26. The van der Waals surface area contributed by atoms with E-state index in [4.69, 9.17) is 9.47 Å². The molecule has 0 aliphatic carbocycles. The second-order valence-electron chi connectivity index (χ2n) is 5.29. The second-order valence-corrected chi connectivity index (χ2v) is 5.29. The van der Waals surface area contributed by atoms with E-state index < -0.39 is 0 Å². The fourth-order valence-electron chi connectivity index (χ4n) is 2.06. The van der Waals surface area contributed by atoms with E-state index in [2.05, 4.69) is 19.2 Å². The molecule has 1 aromatic rings. The Morgan fingerprint density at radius 3 is 2.63 bits per heavy atom. The molecule has 1 aromatic carbocycles. The van der Waals surface area contributed by atoms with Gasteiger partial charge in [0, 0.05) is 6.42 Å². The van der Waals surface area contributed by atoms with Crippen molar-refractivity contribution in [2.24, 2.45) is 5.92 Å². The quantitative estimate of drug-likeness (QED) is 0.856. The van der Waals surface area contributed by atoms with Gasteiger partial charge in [0.15, 0.2) is 11.5 Å². The first-order valence-corrected chi connectivity index (χ1v) is 6.94. The normalized spacial score (nSPS) is 16.2. The van der Waals surface area contributed by atoms with Crippen LogP contribution in [0.4, 0.5) is 0 Å². The maximum atomic E-state index is 9.52. The number of aliphatic hydroxyl groups excluding tert-OH is 1. The van der Waals surface area contributed by atoms with Crippen LogP contribution >= 0.6 is 0 Å². The van der Waals surface area contributed by atoms with E-state index in [1.165, 1.54) is 0 Å². The van der Waals surface area contributed by atoms with Crippen LogP contribution in [0.5, 0.6) is 11.5 Å². The van der Waals surface area contributed by atoms with Crippen molar-refractivity contribution >= 4 is 0 Å². The average molecular weight is 265 g/mol. The Kier molecular flexibility index (Phi) is 5.05. The van der Waals surface area contributed by atoms with Gasteiger partial charge in [-0.3, -0.25) is 0 Å². The summed E-state index contributed by atoms with van der Waals surface area (Å²) in [5.74, 6) is 2.12.